The molecule has 0 radical (unpaired) electrons. The third-order valence-electron chi connectivity index (χ3n) is 6.53. The number of hydrogen-bond donors (Lipinski definition) is 0. The van der Waals surface area contributed by atoms with Gasteiger partial charge in [-0.2, -0.15) is 0 Å². The van der Waals surface area contributed by atoms with Crippen LogP contribution >= 0.6 is 0 Å². The van der Waals surface area contributed by atoms with Crippen LogP contribution in [0.5, 0.6) is 0 Å². The Bertz CT molecular complexity index is 1600. The van der Waals surface area contributed by atoms with Crippen LogP contribution in [0.15, 0.2) is 72.8 Å². The summed E-state index contributed by atoms with van der Waals surface area (Å²) in [5.41, 5.74) is 10.4. The van der Waals surface area contributed by atoms with Crippen molar-refractivity contribution in [2.45, 2.75) is 20.3 Å². The van der Waals surface area contributed by atoms with Crippen molar-refractivity contribution in [3.63, 3.8) is 0 Å². The van der Waals surface area contributed by atoms with Gasteiger partial charge >= 0.3 is 0 Å². The van der Waals surface area contributed by atoms with Crippen LogP contribution in [0.3, 0.4) is 0 Å². The van der Waals surface area contributed by atoms with E-state index in [0.717, 1.165) is 62.9 Å². The van der Waals surface area contributed by atoms with Crippen molar-refractivity contribution in [1.29, 1.82) is 0 Å². The SMILES string of the molecule is Cc1cccc(-c2nc3cc(Cc4ccc5c(c4)nc(-c4cccc(C)n4)n5C)ccc3n2C)n1. The highest BCUT2D eigenvalue weighted by molar-refractivity contribution is 5.82. The van der Waals surface area contributed by atoms with Gasteiger partial charge in [0.15, 0.2) is 11.6 Å². The Balaban J connectivity index is 1.34. The lowest BCUT2D eigenvalue weighted by Gasteiger charge is -2.04. The third-order valence-corrected chi connectivity index (χ3v) is 6.53. The first-order chi connectivity index (χ1) is 17.0. The number of aryl methyl sites for hydroxylation is 4. The Morgan fingerprint density at radius 1 is 0.571 bits per heavy atom. The van der Waals surface area contributed by atoms with E-state index in [9.17, 15) is 0 Å². The van der Waals surface area contributed by atoms with Gasteiger partial charge in [-0.25, -0.2) is 19.9 Å². The molecule has 0 amide bonds. The van der Waals surface area contributed by atoms with Crippen molar-refractivity contribution < 1.29 is 0 Å². The van der Waals surface area contributed by atoms with Crippen molar-refractivity contribution in [2.24, 2.45) is 14.1 Å². The standard InChI is InChI=1S/C29H26N6/c1-18-7-5-9-22(30-18)28-32-24-16-20(11-13-26(24)34(28)3)15-21-12-14-27-25(17-21)33-29(35(27)4)23-10-6-8-19(2)31-23/h5-14,16-17H,15H2,1-4H3. The van der Waals surface area contributed by atoms with Gasteiger partial charge in [-0.15, -0.1) is 0 Å². The van der Waals surface area contributed by atoms with Crippen molar-refractivity contribution in [1.82, 2.24) is 29.1 Å². The zero-order chi connectivity index (χ0) is 24.1. The van der Waals surface area contributed by atoms with Crippen LogP contribution in [0.1, 0.15) is 22.5 Å². The Morgan fingerprint density at radius 3 is 1.46 bits per heavy atom. The summed E-state index contributed by atoms with van der Waals surface area (Å²) in [7, 11) is 4.09. The van der Waals surface area contributed by atoms with Gasteiger partial charge in [-0.3, -0.25) is 0 Å². The van der Waals surface area contributed by atoms with E-state index in [1.165, 1.54) is 11.1 Å². The molecule has 172 valence electrons. The van der Waals surface area contributed by atoms with Gasteiger partial charge in [0.25, 0.3) is 0 Å². The highest BCUT2D eigenvalue weighted by Gasteiger charge is 2.14. The summed E-state index contributed by atoms with van der Waals surface area (Å²) in [5.74, 6) is 1.76. The minimum absolute atomic E-state index is 0.815. The molecule has 6 heteroatoms. The van der Waals surface area contributed by atoms with Crippen LogP contribution in [0, 0.1) is 13.8 Å². The highest BCUT2D eigenvalue weighted by atomic mass is 15.1. The van der Waals surface area contributed by atoms with Gasteiger partial charge in [0.1, 0.15) is 11.4 Å². The maximum absolute atomic E-state index is 4.91. The molecule has 0 atom stereocenters. The van der Waals surface area contributed by atoms with Crippen LogP contribution in [0.2, 0.25) is 0 Å². The summed E-state index contributed by atoms with van der Waals surface area (Å²) < 4.78 is 4.23. The number of aromatic nitrogens is 6. The molecule has 0 unspecified atom stereocenters. The molecule has 0 bridgehead atoms. The summed E-state index contributed by atoms with van der Waals surface area (Å²) in [6.07, 6.45) is 0.815. The van der Waals surface area contributed by atoms with E-state index in [1.807, 2.05) is 64.3 Å². The Hall–Kier alpha value is -4.32. The molecule has 35 heavy (non-hydrogen) atoms. The van der Waals surface area contributed by atoms with Gasteiger partial charge in [0.05, 0.1) is 22.1 Å². The van der Waals surface area contributed by atoms with E-state index in [-0.39, 0.29) is 0 Å². The van der Waals surface area contributed by atoms with Gasteiger partial charge in [-0.1, -0.05) is 24.3 Å². The second-order valence-corrected chi connectivity index (χ2v) is 9.14. The monoisotopic (exact) mass is 458 g/mol. The number of hydrogen-bond acceptors (Lipinski definition) is 4. The molecule has 6 aromatic rings. The third kappa shape index (κ3) is 3.77. The zero-order valence-electron chi connectivity index (χ0n) is 20.3. The lowest BCUT2D eigenvalue weighted by atomic mass is 10.0. The molecular weight excluding hydrogens is 432 g/mol. The fourth-order valence-electron chi connectivity index (χ4n) is 4.74. The predicted molar refractivity (Wildman–Crippen MR) is 140 cm³/mol. The molecule has 0 N–H and O–H groups in total. The van der Waals surface area contributed by atoms with Crippen LogP contribution in [-0.4, -0.2) is 29.1 Å². The number of rotatable bonds is 4. The molecule has 0 spiro atoms. The number of benzene rings is 2. The molecule has 0 saturated heterocycles. The summed E-state index contributed by atoms with van der Waals surface area (Å²) >= 11 is 0. The molecule has 0 aliphatic carbocycles. The van der Waals surface area contributed by atoms with Crippen LogP contribution in [-0.2, 0) is 20.5 Å². The molecule has 6 rings (SSSR count). The molecule has 2 aromatic carbocycles. The fraction of sp³-hybridized carbons (Fsp3) is 0.172. The molecule has 0 fully saturated rings. The van der Waals surface area contributed by atoms with Crippen LogP contribution < -0.4 is 0 Å². The minimum atomic E-state index is 0.815. The minimum Gasteiger partial charge on any atom is -0.326 e. The van der Waals surface area contributed by atoms with Crippen LogP contribution in [0.4, 0.5) is 0 Å². The maximum atomic E-state index is 4.91. The quantitative estimate of drug-likeness (QED) is 0.335. The molecule has 0 saturated carbocycles. The topological polar surface area (TPSA) is 61.4 Å². The second kappa shape index (κ2) is 8.17. The fourth-order valence-corrected chi connectivity index (χ4v) is 4.74. The van der Waals surface area contributed by atoms with E-state index in [1.54, 1.807) is 0 Å². The summed E-state index contributed by atoms with van der Waals surface area (Å²) in [5, 5.41) is 0. The first-order valence-electron chi connectivity index (χ1n) is 11.7. The first-order valence-corrected chi connectivity index (χ1v) is 11.7. The first kappa shape index (κ1) is 21.2. The average molecular weight is 459 g/mol. The number of pyridine rings is 2. The van der Waals surface area contributed by atoms with Crippen molar-refractivity contribution in [3.05, 3.63) is 95.3 Å². The lowest BCUT2D eigenvalue weighted by molar-refractivity contribution is 0.947. The maximum Gasteiger partial charge on any atom is 0.159 e. The largest absolute Gasteiger partial charge is 0.326 e. The van der Waals surface area contributed by atoms with E-state index < -0.39 is 0 Å². The smallest absolute Gasteiger partial charge is 0.159 e. The Kier molecular flexibility index (Phi) is 4.95. The van der Waals surface area contributed by atoms with E-state index in [2.05, 4.69) is 55.5 Å². The Morgan fingerprint density at radius 2 is 1.03 bits per heavy atom. The number of fused-ring (bicyclic) bond motifs is 2. The molecule has 0 aliphatic heterocycles. The highest BCUT2D eigenvalue weighted by Crippen LogP contribution is 2.27. The van der Waals surface area contributed by atoms with Crippen molar-refractivity contribution in [2.75, 3.05) is 0 Å². The average Bonchev–Trinajstić information content (AvgIpc) is 3.35. The number of imidazole rings is 2. The molecule has 4 heterocycles. The van der Waals surface area contributed by atoms with Crippen molar-refractivity contribution >= 4 is 22.1 Å². The van der Waals surface area contributed by atoms with E-state index in [0.29, 0.717) is 0 Å². The van der Waals surface area contributed by atoms with Gasteiger partial charge in [-0.05, 0) is 79.9 Å². The van der Waals surface area contributed by atoms with Gasteiger partial charge in [0.2, 0.25) is 0 Å². The zero-order valence-corrected chi connectivity index (χ0v) is 20.3. The molecule has 0 aliphatic rings. The van der Waals surface area contributed by atoms with Crippen molar-refractivity contribution in [3.8, 4) is 23.0 Å². The van der Waals surface area contributed by atoms with E-state index >= 15 is 0 Å². The number of nitrogens with zero attached hydrogens (tertiary/aromatic N) is 6. The van der Waals surface area contributed by atoms with Crippen LogP contribution in [0.25, 0.3) is 45.1 Å². The van der Waals surface area contributed by atoms with Gasteiger partial charge < -0.3 is 9.13 Å². The summed E-state index contributed by atoms with van der Waals surface area (Å²) in [6, 6.07) is 25.1. The van der Waals surface area contributed by atoms with E-state index in [4.69, 9.17) is 9.97 Å². The molecule has 4 aromatic heterocycles. The summed E-state index contributed by atoms with van der Waals surface area (Å²) in [6.45, 7) is 4.01. The molecule has 6 nitrogen and oxygen atoms in total. The summed E-state index contributed by atoms with van der Waals surface area (Å²) in [4.78, 5) is 19.1. The predicted octanol–water partition coefficient (Wildman–Crippen LogP) is 5.79. The van der Waals surface area contributed by atoms with Gasteiger partial charge in [0, 0.05) is 25.5 Å². The lowest BCUT2D eigenvalue weighted by Crippen LogP contribution is -1.95. The Labute approximate surface area is 204 Å². The normalized spacial score (nSPS) is 11.5. The molecular formula is C29H26N6. The second-order valence-electron chi connectivity index (χ2n) is 9.14.